The Bertz CT molecular complexity index is 1130. The Balaban J connectivity index is 1.37. The molecular formula is C27H32N4O4. The molecule has 2 aliphatic rings. The molecule has 2 aliphatic heterocycles. The van der Waals surface area contributed by atoms with Crippen LogP contribution in [-0.4, -0.2) is 41.7 Å². The molecule has 2 unspecified atom stereocenters. The van der Waals surface area contributed by atoms with Crippen molar-refractivity contribution in [3.05, 3.63) is 59.7 Å². The highest BCUT2D eigenvalue weighted by Gasteiger charge is 2.42. The predicted octanol–water partition coefficient (Wildman–Crippen LogP) is 3.96. The molecule has 0 spiro atoms. The van der Waals surface area contributed by atoms with Crippen LogP contribution in [0.2, 0.25) is 0 Å². The van der Waals surface area contributed by atoms with Crippen LogP contribution >= 0.6 is 0 Å². The first-order valence-electron chi connectivity index (χ1n) is 12.2. The summed E-state index contributed by atoms with van der Waals surface area (Å²) < 4.78 is 0. The molecule has 2 atom stereocenters. The van der Waals surface area contributed by atoms with E-state index in [1.54, 1.807) is 17.0 Å². The van der Waals surface area contributed by atoms with Gasteiger partial charge >= 0.3 is 6.03 Å². The smallest absolute Gasteiger partial charge is 0.321 e. The number of benzene rings is 2. The highest BCUT2D eigenvalue weighted by atomic mass is 16.2. The fourth-order valence-corrected chi connectivity index (χ4v) is 4.98. The molecule has 35 heavy (non-hydrogen) atoms. The van der Waals surface area contributed by atoms with Crippen LogP contribution in [0, 0.1) is 12.8 Å². The minimum absolute atomic E-state index is 0.128. The van der Waals surface area contributed by atoms with E-state index in [2.05, 4.69) is 16.0 Å². The highest BCUT2D eigenvalue weighted by molar-refractivity contribution is 6.03. The molecule has 5 amide bonds. The fraction of sp³-hybridized carbons (Fsp3) is 0.407. The maximum absolute atomic E-state index is 13.0. The molecule has 8 heteroatoms. The minimum Gasteiger partial charge on any atom is -0.326 e. The topological polar surface area (TPSA) is 108 Å². The van der Waals surface area contributed by atoms with Crippen LogP contribution in [-0.2, 0) is 19.8 Å². The summed E-state index contributed by atoms with van der Waals surface area (Å²) in [6.45, 7) is 4.87. The normalized spacial score (nSPS) is 22.3. The first-order valence-corrected chi connectivity index (χ1v) is 12.2. The van der Waals surface area contributed by atoms with E-state index in [-0.39, 0.29) is 29.7 Å². The Morgan fingerprint density at radius 3 is 2.54 bits per heavy atom. The number of piperidine rings is 2. The predicted molar refractivity (Wildman–Crippen MR) is 134 cm³/mol. The number of urea groups is 1. The zero-order chi connectivity index (χ0) is 25.0. The van der Waals surface area contributed by atoms with Gasteiger partial charge in [-0.1, -0.05) is 31.2 Å². The van der Waals surface area contributed by atoms with Gasteiger partial charge < -0.3 is 15.5 Å². The van der Waals surface area contributed by atoms with Crippen molar-refractivity contribution < 1.29 is 19.2 Å². The van der Waals surface area contributed by atoms with E-state index < -0.39 is 5.41 Å². The number of carbonyl (C=O) groups excluding carboxylic acids is 4. The van der Waals surface area contributed by atoms with Crippen molar-refractivity contribution in [3.8, 4) is 0 Å². The molecule has 0 radical (unpaired) electrons. The van der Waals surface area contributed by atoms with Crippen molar-refractivity contribution in [1.82, 2.24) is 10.2 Å². The molecule has 4 rings (SSSR count). The molecule has 0 aromatic heterocycles. The number of hydrogen-bond acceptors (Lipinski definition) is 4. The average molecular weight is 477 g/mol. The number of likely N-dealkylation sites (tertiary alicyclic amines) is 1. The van der Waals surface area contributed by atoms with Crippen LogP contribution in [0.15, 0.2) is 48.5 Å². The van der Waals surface area contributed by atoms with E-state index in [0.717, 1.165) is 23.2 Å². The highest BCUT2D eigenvalue weighted by Crippen LogP contribution is 2.36. The monoisotopic (exact) mass is 476 g/mol. The third-order valence-corrected chi connectivity index (χ3v) is 7.12. The van der Waals surface area contributed by atoms with Crippen LogP contribution in [0.4, 0.5) is 16.2 Å². The fourth-order valence-electron chi connectivity index (χ4n) is 4.98. The molecule has 2 saturated heterocycles. The van der Waals surface area contributed by atoms with Crippen LogP contribution < -0.4 is 16.0 Å². The van der Waals surface area contributed by atoms with Gasteiger partial charge in [-0.3, -0.25) is 19.7 Å². The van der Waals surface area contributed by atoms with Gasteiger partial charge in [-0.25, -0.2) is 4.79 Å². The van der Waals surface area contributed by atoms with Gasteiger partial charge in [0.15, 0.2) is 0 Å². The second kappa shape index (κ2) is 10.3. The summed E-state index contributed by atoms with van der Waals surface area (Å²) in [7, 11) is 0. The molecule has 0 saturated carbocycles. The first-order chi connectivity index (χ1) is 16.8. The molecule has 2 aromatic rings. The second-order valence-electron chi connectivity index (χ2n) is 9.46. The van der Waals surface area contributed by atoms with E-state index in [1.807, 2.05) is 50.2 Å². The summed E-state index contributed by atoms with van der Waals surface area (Å²) in [4.78, 5) is 51.6. The number of anilines is 2. The van der Waals surface area contributed by atoms with Crippen molar-refractivity contribution in [1.29, 1.82) is 0 Å². The molecule has 8 nitrogen and oxygen atoms in total. The molecule has 0 bridgehead atoms. The van der Waals surface area contributed by atoms with E-state index in [0.29, 0.717) is 44.5 Å². The maximum atomic E-state index is 13.0. The van der Waals surface area contributed by atoms with Gasteiger partial charge in [0.2, 0.25) is 17.7 Å². The van der Waals surface area contributed by atoms with E-state index in [1.165, 1.54) is 0 Å². The van der Waals surface area contributed by atoms with Crippen LogP contribution in [0.1, 0.15) is 50.2 Å². The Labute approximate surface area is 205 Å². The van der Waals surface area contributed by atoms with E-state index in [9.17, 15) is 19.2 Å². The van der Waals surface area contributed by atoms with Gasteiger partial charge in [-0.15, -0.1) is 0 Å². The summed E-state index contributed by atoms with van der Waals surface area (Å²) in [5, 5.41) is 8.33. The van der Waals surface area contributed by atoms with Gasteiger partial charge in [0.05, 0.1) is 11.3 Å². The molecular weight excluding hydrogens is 444 g/mol. The zero-order valence-corrected chi connectivity index (χ0v) is 20.2. The Morgan fingerprint density at radius 1 is 1.09 bits per heavy atom. The molecule has 2 aromatic carbocycles. The van der Waals surface area contributed by atoms with Crippen molar-refractivity contribution in [2.75, 3.05) is 23.7 Å². The van der Waals surface area contributed by atoms with E-state index in [4.69, 9.17) is 0 Å². The van der Waals surface area contributed by atoms with Crippen molar-refractivity contribution in [3.63, 3.8) is 0 Å². The number of carbonyl (C=O) groups is 4. The van der Waals surface area contributed by atoms with Crippen LogP contribution in [0.3, 0.4) is 0 Å². The largest absolute Gasteiger partial charge is 0.326 e. The number of nitrogens with zero attached hydrogens (tertiary/aromatic N) is 1. The Morgan fingerprint density at radius 2 is 1.86 bits per heavy atom. The molecule has 3 N–H and O–H groups in total. The lowest BCUT2D eigenvalue weighted by Gasteiger charge is -2.35. The lowest BCUT2D eigenvalue weighted by atomic mass is 9.72. The Hall–Kier alpha value is -3.68. The lowest BCUT2D eigenvalue weighted by Crippen LogP contribution is -2.51. The maximum Gasteiger partial charge on any atom is 0.321 e. The van der Waals surface area contributed by atoms with Crippen molar-refractivity contribution >= 4 is 35.1 Å². The summed E-state index contributed by atoms with van der Waals surface area (Å²) in [5.41, 5.74) is 2.54. The second-order valence-corrected chi connectivity index (χ2v) is 9.46. The standard InChI is InChI=1S/C27H32N4O4/c1-3-27(14-13-23(32)30-25(27)34)20-9-11-21(12-10-20)28-24(33)19-7-5-15-31(17-19)26(35)29-22-8-4-6-18(2)16-22/h4,6,8-12,16,19H,3,5,7,13-15,17H2,1-2H3,(H,28,33)(H,29,35)(H,30,32,34). The van der Waals surface area contributed by atoms with Crippen molar-refractivity contribution in [2.24, 2.45) is 5.92 Å². The van der Waals surface area contributed by atoms with Gasteiger partial charge in [-0.05, 0) is 68.0 Å². The lowest BCUT2D eigenvalue weighted by molar-refractivity contribution is -0.138. The van der Waals surface area contributed by atoms with Crippen molar-refractivity contribution in [2.45, 2.75) is 51.4 Å². The number of imide groups is 1. The third kappa shape index (κ3) is 5.37. The van der Waals surface area contributed by atoms with Gasteiger partial charge in [0.25, 0.3) is 0 Å². The van der Waals surface area contributed by atoms with Gasteiger partial charge in [0.1, 0.15) is 0 Å². The number of nitrogens with one attached hydrogen (secondary N) is 3. The van der Waals surface area contributed by atoms with Gasteiger partial charge in [-0.2, -0.15) is 0 Å². The molecule has 2 fully saturated rings. The zero-order valence-electron chi connectivity index (χ0n) is 20.2. The average Bonchev–Trinajstić information content (AvgIpc) is 2.85. The molecule has 2 heterocycles. The Kier molecular flexibility index (Phi) is 7.19. The van der Waals surface area contributed by atoms with E-state index >= 15 is 0 Å². The SMILES string of the molecule is CCC1(c2ccc(NC(=O)C3CCCN(C(=O)Nc4cccc(C)c4)C3)cc2)CCC(=O)NC1=O. The van der Waals surface area contributed by atoms with Gasteiger partial charge in [0, 0.05) is 30.9 Å². The number of amides is 5. The summed E-state index contributed by atoms with van der Waals surface area (Å²) in [6.07, 6.45) is 2.84. The quantitative estimate of drug-likeness (QED) is 0.568. The van der Waals surface area contributed by atoms with Crippen LogP contribution in [0.25, 0.3) is 0 Å². The number of rotatable bonds is 5. The third-order valence-electron chi connectivity index (χ3n) is 7.12. The molecule has 184 valence electrons. The molecule has 0 aliphatic carbocycles. The minimum atomic E-state index is -0.731. The number of hydrogen-bond donors (Lipinski definition) is 3. The summed E-state index contributed by atoms with van der Waals surface area (Å²) >= 11 is 0. The van der Waals surface area contributed by atoms with Crippen LogP contribution in [0.5, 0.6) is 0 Å². The summed E-state index contributed by atoms with van der Waals surface area (Å²) in [5.74, 6) is -0.933. The first kappa shape index (κ1) is 24.4. The number of aryl methyl sites for hydroxylation is 1. The summed E-state index contributed by atoms with van der Waals surface area (Å²) in [6, 6.07) is 14.7.